The van der Waals surface area contributed by atoms with Gasteiger partial charge < -0.3 is 4.57 Å². The Morgan fingerprint density at radius 2 is 2.00 bits per heavy atom. The van der Waals surface area contributed by atoms with Crippen LogP contribution in [0.2, 0.25) is 0 Å². The molecule has 8 nitrogen and oxygen atoms in total. The molecule has 2 amide bonds. The zero-order valence-corrected chi connectivity index (χ0v) is 15.3. The summed E-state index contributed by atoms with van der Waals surface area (Å²) in [6, 6.07) is 0.824. The highest BCUT2D eigenvalue weighted by Gasteiger charge is 2.34. The predicted octanol–water partition coefficient (Wildman–Crippen LogP) is 0.363. The molecule has 2 rings (SSSR count). The van der Waals surface area contributed by atoms with E-state index in [-0.39, 0.29) is 0 Å². The smallest absolute Gasteiger partial charge is 0.286 e. The van der Waals surface area contributed by atoms with Crippen molar-refractivity contribution < 1.29 is 18.0 Å². The van der Waals surface area contributed by atoms with Crippen LogP contribution in [0.1, 0.15) is 29.8 Å². The third kappa shape index (κ3) is 4.33. The van der Waals surface area contributed by atoms with Gasteiger partial charge in [-0.3, -0.25) is 20.4 Å². The Morgan fingerprint density at radius 1 is 1.30 bits per heavy atom. The summed E-state index contributed by atoms with van der Waals surface area (Å²) in [4.78, 5) is 24.3. The summed E-state index contributed by atoms with van der Waals surface area (Å²) in [6.45, 7) is 0.315. The summed E-state index contributed by atoms with van der Waals surface area (Å²) in [5.41, 5.74) is 5.00. The first kappa shape index (κ1) is 18.0. The van der Waals surface area contributed by atoms with Crippen LogP contribution in [0.25, 0.3) is 0 Å². The first-order valence-electron chi connectivity index (χ1n) is 7.09. The molecule has 23 heavy (non-hydrogen) atoms. The predicted molar refractivity (Wildman–Crippen MR) is 87.9 cm³/mol. The molecule has 0 radical (unpaired) electrons. The first-order valence-corrected chi connectivity index (χ1v) is 9.73. The van der Waals surface area contributed by atoms with Gasteiger partial charge in [0, 0.05) is 24.3 Å². The molecule has 1 aliphatic rings. The maximum absolute atomic E-state index is 12.2. The van der Waals surface area contributed by atoms with E-state index < -0.39 is 27.9 Å². The number of sulfonamides is 1. The minimum atomic E-state index is -3.46. The highest BCUT2D eigenvalue weighted by molar-refractivity contribution is 9.10. The Hall–Kier alpha value is -1.39. The van der Waals surface area contributed by atoms with Crippen molar-refractivity contribution in [2.45, 2.75) is 25.3 Å². The molecule has 1 atom stereocenters. The molecule has 10 heteroatoms. The van der Waals surface area contributed by atoms with E-state index in [0.29, 0.717) is 18.7 Å². The molecule has 2 N–H and O–H groups in total. The van der Waals surface area contributed by atoms with Crippen molar-refractivity contribution in [2.75, 3.05) is 12.8 Å². The number of amides is 2. The van der Waals surface area contributed by atoms with Crippen LogP contribution in [-0.2, 0) is 21.9 Å². The molecule has 0 bridgehead atoms. The quantitative estimate of drug-likeness (QED) is 0.707. The number of hydrazine groups is 1. The maximum atomic E-state index is 12.2. The largest absolute Gasteiger partial charge is 0.345 e. The van der Waals surface area contributed by atoms with E-state index in [1.807, 2.05) is 0 Å². The average Bonchev–Trinajstić information content (AvgIpc) is 2.82. The van der Waals surface area contributed by atoms with Gasteiger partial charge in [-0.2, -0.15) is 4.31 Å². The van der Waals surface area contributed by atoms with E-state index >= 15 is 0 Å². The van der Waals surface area contributed by atoms with E-state index in [1.165, 1.54) is 4.31 Å². The van der Waals surface area contributed by atoms with Crippen LogP contribution < -0.4 is 10.9 Å². The lowest BCUT2D eigenvalue weighted by molar-refractivity contribution is -0.126. The maximum Gasteiger partial charge on any atom is 0.286 e. The molecule has 1 aromatic rings. The van der Waals surface area contributed by atoms with Gasteiger partial charge in [-0.15, -0.1) is 0 Å². The SMILES string of the molecule is Cn1cc(Br)cc1C(=O)NNC(=O)C1CCCCN1S(C)(=O)=O. The van der Waals surface area contributed by atoms with Gasteiger partial charge in [0.25, 0.3) is 11.8 Å². The van der Waals surface area contributed by atoms with Gasteiger partial charge in [0.15, 0.2) is 0 Å². The molecule has 2 heterocycles. The van der Waals surface area contributed by atoms with Gasteiger partial charge in [-0.25, -0.2) is 8.42 Å². The molecule has 0 saturated carbocycles. The first-order chi connectivity index (χ1) is 10.7. The van der Waals surface area contributed by atoms with Crippen molar-refractivity contribution in [2.24, 2.45) is 7.05 Å². The Balaban J connectivity index is 2.01. The number of halogens is 1. The molecule has 1 fully saturated rings. The van der Waals surface area contributed by atoms with Crippen LogP contribution in [0, 0.1) is 0 Å². The standard InChI is InChI=1S/C13H19BrN4O4S/c1-17-8-9(14)7-11(17)13(20)16-15-12(19)10-5-3-4-6-18(10)23(2,21)22/h7-8,10H,3-6H2,1-2H3,(H,15,19)(H,16,20). The fraction of sp³-hybridized carbons (Fsp3) is 0.538. The van der Waals surface area contributed by atoms with Gasteiger partial charge in [-0.05, 0) is 34.8 Å². The van der Waals surface area contributed by atoms with Crippen molar-refractivity contribution >= 4 is 37.8 Å². The molecule has 1 unspecified atom stereocenters. The Morgan fingerprint density at radius 3 is 2.57 bits per heavy atom. The third-order valence-corrected chi connectivity index (χ3v) is 5.41. The van der Waals surface area contributed by atoms with E-state index in [0.717, 1.165) is 23.6 Å². The van der Waals surface area contributed by atoms with Crippen LogP contribution >= 0.6 is 15.9 Å². The number of piperidine rings is 1. The van der Waals surface area contributed by atoms with Crippen molar-refractivity contribution in [3.63, 3.8) is 0 Å². The van der Waals surface area contributed by atoms with Crippen LogP contribution in [-0.4, -0.2) is 47.9 Å². The van der Waals surface area contributed by atoms with Gasteiger partial charge in [0.05, 0.1) is 6.26 Å². The molecule has 1 saturated heterocycles. The Kier molecular flexibility index (Phi) is 5.48. The lowest BCUT2D eigenvalue weighted by Gasteiger charge is -2.32. The molecule has 1 aromatic heterocycles. The monoisotopic (exact) mass is 406 g/mol. The second kappa shape index (κ2) is 7.02. The fourth-order valence-corrected chi connectivity index (χ4v) is 4.23. The van der Waals surface area contributed by atoms with Crippen molar-refractivity contribution in [1.82, 2.24) is 19.7 Å². The number of nitrogens with zero attached hydrogens (tertiary/aromatic N) is 2. The summed E-state index contributed by atoms with van der Waals surface area (Å²) < 4.78 is 27.0. The van der Waals surface area contributed by atoms with Crippen molar-refractivity contribution in [3.05, 3.63) is 22.4 Å². The Bertz CT molecular complexity index is 716. The normalized spacial score (nSPS) is 19.3. The Labute approximate surface area is 143 Å². The van der Waals surface area contributed by atoms with Crippen molar-refractivity contribution in [3.8, 4) is 0 Å². The second-order valence-corrected chi connectivity index (χ2v) is 8.33. The number of rotatable bonds is 3. The van der Waals surface area contributed by atoms with Crippen LogP contribution in [0.4, 0.5) is 0 Å². The molecule has 0 spiro atoms. The number of aromatic nitrogens is 1. The van der Waals surface area contributed by atoms with Gasteiger partial charge in [0.1, 0.15) is 11.7 Å². The number of nitrogens with one attached hydrogen (secondary N) is 2. The van der Waals surface area contributed by atoms with E-state index in [4.69, 9.17) is 0 Å². The lowest BCUT2D eigenvalue weighted by Crippen LogP contribution is -2.55. The fourth-order valence-electron chi connectivity index (χ4n) is 2.58. The topological polar surface area (TPSA) is 101 Å². The third-order valence-electron chi connectivity index (χ3n) is 3.69. The molecule has 0 aliphatic carbocycles. The van der Waals surface area contributed by atoms with Gasteiger partial charge in [-0.1, -0.05) is 6.42 Å². The molecule has 128 valence electrons. The summed E-state index contributed by atoms with van der Waals surface area (Å²) in [7, 11) is -1.76. The summed E-state index contributed by atoms with van der Waals surface area (Å²) in [6.07, 6.45) is 4.72. The number of hydrogen-bond donors (Lipinski definition) is 2. The lowest BCUT2D eigenvalue weighted by atomic mass is 10.0. The summed E-state index contributed by atoms with van der Waals surface area (Å²) >= 11 is 3.26. The van der Waals surface area contributed by atoms with Crippen LogP contribution in [0.3, 0.4) is 0 Å². The van der Waals surface area contributed by atoms with Crippen LogP contribution in [0.15, 0.2) is 16.7 Å². The highest BCUT2D eigenvalue weighted by Crippen LogP contribution is 2.19. The van der Waals surface area contributed by atoms with Crippen molar-refractivity contribution in [1.29, 1.82) is 0 Å². The summed E-state index contributed by atoms with van der Waals surface area (Å²) in [5.74, 6) is -1.01. The highest BCUT2D eigenvalue weighted by atomic mass is 79.9. The van der Waals surface area contributed by atoms with E-state index in [9.17, 15) is 18.0 Å². The zero-order chi connectivity index (χ0) is 17.2. The number of carbonyl (C=O) groups is 2. The van der Waals surface area contributed by atoms with E-state index in [1.54, 1.807) is 23.9 Å². The minimum absolute atomic E-state index is 0.315. The number of carbonyl (C=O) groups excluding carboxylic acids is 2. The summed E-state index contributed by atoms with van der Waals surface area (Å²) in [5, 5.41) is 0. The van der Waals surface area contributed by atoms with E-state index in [2.05, 4.69) is 26.8 Å². The molecular weight excluding hydrogens is 388 g/mol. The minimum Gasteiger partial charge on any atom is -0.345 e. The number of hydrogen-bond acceptors (Lipinski definition) is 4. The van der Waals surface area contributed by atoms with Gasteiger partial charge in [0.2, 0.25) is 10.0 Å². The zero-order valence-electron chi connectivity index (χ0n) is 12.9. The number of aryl methyl sites for hydroxylation is 1. The van der Waals surface area contributed by atoms with Crippen LogP contribution in [0.5, 0.6) is 0 Å². The molecule has 1 aliphatic heterocycles. The van der Waals surface area contributed by atoms with Gasteiger partial charge >= 0.3 is 0 Å². The molecule has 0 aromatic carbocycles. The second-order valence-electron chi connectivity index (χ2n) is 5.48. The average molecular weight is 407 g/mol. The molecular formula is C13H19BrN4O4S.